The number of hydrogen-bond acceptors (Lipinski definition) is 6. The highest BCUT2D eigenvalue weighted by Gasteiger charge is 2.29. The summed E-state index contributed by atoms with van der Waals surface area (Å²) in [5, 5.41) is 14.3. The minimum Gasteiger partial charge on any atom is -0.420 e. The van der Waals surface area contributed by atoms with Crippen molar-refractivity contribution in [2.24, 2.45) is 0 Å². The van der Waals surface area contributed by atoms with Gasteiger partial charge in [0.05, 0.1) is 11.5 Å². The molecular formula is C18H19N3O2S2. The number of likely N-dealkylation sites (tertiary alicyclic amines) is 1. The first kappa shape index (κ1) is 16.5. The van der Waals surface area contributed by atoms with Crippen LogP contribution in [0.1, 0.15) is 46.8 Å². The molecule has 1 aliphatic rings. The highest BCUT2D eigenvalue weighted by molar-refractivity contribution is 7.10. The molecule has 0 spiro atoms. The SMILES string of the molecule is CCc1cc(C(=O)N2CCCC(c3nnc(-c4ccsc4)o3)C2)cs1. The highest BCUT2D eigenvalue weighted by Crippen LogP contribution is 2.30. The Morgan fingerprint density at radius 3 is 3.08 bits per heavy atom. The van der Waals surface area contributed by atoms with Crippen LogP contribution >= 0.6 is 22.7 Å². The third-order valence-corrected chi connectivity index (χ3v) is 6.28. The lowest BCUT2D eigenvalue weighted by atomic mass is 9.97. The molecule has 1 atom stereocenters. The number of aryl methyl sites for hydroxylation is 1. The van der Waals surface area contributed by atoms with E-state index in [-0.39, 0.29) is 11.8 Å². The molecular weight excluding hydrogens is 354 g/mol. The largest absolute Gasteiger partial charge is 0.420 e. The van der Waals surface area contributed by atoms with Crippen LogP contribution in [0.4, 0.5) is 0 Å². The Morgan fingerprint density at radius 1 is 1.40 bits per heavy atom. The van der Waals surface area contributed by atoms with Gasteiger partial charge in [-0.15, -0.1) is 21.5 Å². The van der Waals surface area contributed by atoms with Gasteiger partial charge in [0.25, 0.3) is 5.91 Å². The second-order valence-corrected chi connectivity index (χ2v) is 7.98. The van der Waals surface area contributed by atoms with Gasteiger partial charge in [0.2, 0.25) is 11.8 Å². The maximum Gasteiger partial charge on any atom is 0.254 e. The molecule has 130 valence electrons. The number of nitrogens with zero attached hydrogens (tertiary/aromatic N) is 3. The summed E-state index contributed by atoms with van der Waals surface area (Å²) in [6, 6.07) is 3.98. The van der Waals surface area contributed by atoms with Gasteiger partial charge in [-0.2, -0.15) is 11.3 Å². The van der Waals surface area contributed by atoms with E-state index in [1.54, 1.807) is 22.7 Å². The third-order valence-electron chi connectivity index (χ3n) is 4.52. The first-order valence-corrected chi connectivity index (χ1v) is 10.3. The van der Waals surface area contributed by atoms with E-state index in [1.807, 2.05) is 33.2 Å². The van der Waals surface area contributed by atoms with Crippen molar-refractivity contribution < 1.29 is 9.21 Å². The van der Waals surface area contributed by atoms with Crippen LogP contribution < -0.4 is 0 Å². The standard InChI is InChI=1S/C18H19N3O2S2/c1-2-15-8-14(11-25-15)18(22)21-6-3-4-12(9-21)16-19-20-17(23-16)13-5-7-24-10-13/h5,7-8,10-12H,2-4,6,9H2,1H3. The van der Waals surface area contributed by atoms with Crippen molar-refractivity contribution >= 4 is 28.6 Å². The molecule has 3 aromatic heterocycles. The van der Waals surface area contributed by atoms with Gasteiger partial charge in [0.1, 0.15) is 0 Å². The van der Waals surface area contributed by atoms with Crippen molar-refractivity contribution in [2.75, 3.05) is 13.1 Å². The van der Waals surface area contributed by atoms with E-state index in [0.29, 0.717) is 18.3 Å². The van der Waals surface area contributed by atoms with Gasteiger partial charge in [-0.1, -0.05) is 6.92 Å². The van der Waals surface area contributed by atoms with Gasteiger partial charge in [-0.05, 0) is 36.8 Å². The summed E-state index contributed by atoms with van der Waals surface area (Å²) < 4.78 is 5.87. The van der Waals surface area contributed by atoms with Crippen molar-refractivity contribution in [1.82, 2.24) is 15.1 Å². The van der Waals surface area contributed by atoms with Crippen molar-refractivity contribution in [3.8, 4) is 11.5 Å². The summed E-state index contributed by atoms with van der Waals surface area (Å²) in [5.74, 6) is 1.42. The van der Waals surface area contributed by atoms with Crippen LogP contribution in [-0.4, -0.2) is 34.1 Å². The maximum atomic E-state index is 12.8. The number of amides is 1. The fourth-order valence-corrected chi connectivity index (χ4v) is 4.56. The molecule has 25 heavy (non-hydrogen) atoms. The monoisotopic (exact) mass is 373 g/mol. The van der Waals surface area contributed by atoms with E-state index in [0.717, 1.165) is 36.9 Å². The lowest BCUT2D eigenvalue weighted by Crippen LogP contribution is -2.39. The molecule has 0 N–H and O–H groups in total. The number of rotatable bonds is 4. The second kappa shape index (κ2) is 7.09. The summed E-state index contributed by atoms with van der Waals surface area (Å²) in [5.41, 5.74) is 1.75. The predicted molar refractivity (Wildman–Crippen MR) is 99.2 cm³/mol. The Bertz CT molecular complexity index is 853. The van der Waals surface area contributed by atoms with Crippen molar-refractivity contribution in [3.63, 3.8) is 0 Å². The van der Waals surface area contributed by atoms with Crippen LogP contribution in [0.5, 0.6) is 0 Å². The Labute approximate surface area is 154 Å². The minimum atomic E-state index is 0.109. The summed E-state index contributed by atoms with van der Waals surface area (Å²) >= 11 is 3.26. The molecule has 4 rings (SSSR count). The number of piperidine rings is 1. The molecule has 7 heteroatoms. The Balaban J connectivity index is 1.48. The lowest BCUT2D eigenvalue weighted by Gasteiger charge is -2.30. The molecule has 1 amide bonds. The molecule has 0 aliphatic carbocycles. The molecule has 0 saturated carbocycles. The van der Waals surface area contributed by atoms with Crippen LogP contribution in [0.15, 0.2) is 32.7 Å². The number of thiophene rings is 2. The first-order chi connectivity index (χ1) is 12.2. The fraction of sp³-hybridized carbons (Fsp3) is 0.389. The average molecular weight is 374 g/mol. The smallest absolute Gasteiger partial charge is 0.254 e. The van der Waals surface area contributed by atoms with Crippen molar-refractivity contribution in [3.05, 3.63) is 44.6 Å². The molecule has 1 aliphatic heterocycles. The van der Waals surface area contributed by atoms with Gasteiger partial charge >= 0.3 is 0 Å². The quantitative estimate of drug-likeness (QED) is 0.678. The molecule has 0 bridgehead atoms. The number of carbonyl (C=O) groups is 1. The zero-order valence-electron chi connectivity index (χ0n) is 14.0. The minimum absolute atomic E-state index is 0.109. The fourth-order valence-electron chi connectivity index (χ4n) is 3.13. The van der Waals surface area contributed by atoms with Crippen LogP contribution in [0, 0.1) is 0 Å². The second-order valence-electron chi connectivity index (χ2n) is 6.20. The number of carbonyl (C=O) groups excluding carboxylic acids is 1. The Kier molecular flexibility index (Phi) is 4.67. The maximum absolute atomic E-state index is 12.8. The lowest BCUT2D eigenvalue weighted by molar-refractivity contribution is 0.0699. The molecule has 4 heterocycles. The van der Waals surface area contributed by atoms with Gasteiger partial charge in [0, 0.05) is 34.3 Å². The Hall–Kier alpha value is -1.99. The van der Waals surface area contributed by atoms with E-state index in [4.69, 9.17) is 4.42 Å². The predicted octanol–water partition coefficient (Wildman–Crippen LogP) is 4.44. The van der Waals surface area contributed by atoms with E-state index in [1.165, 1.54) is 4.88 Å². The van der Waals surface area contributed by atoms with Crippen LogP contribution in [0.3, 0.4) is 0 Å². The van der Waals surface area contributed by atoms with E-state index < -0.39 is 0 Å². The van der Waals surface area contributed by atoms with Crippen molar-refractivity contribution in [2.45, 2.75) is 32.1 Å². The number of aromatic nitrogens is 2. The molecule has 0 radical (unpaired) electrons. The normalized spacial score (nSPS) is 17.8. The van der Waals surface area contributed by atoms with Crippen LogP contribution in [0.2, 0.25) is 0 Å². The van der Waals surface area contributed by atoms with Gasteiger partial charge < -0.3 is 9.32 Å². The average Bonchev–Trinajstić information content (AvgIpc) is 3.41. The topological polar surface area (TPSA) is 59.2 Å². The molecule has 3 aromatic rings. The summed E-state index contributed by atoms with van der Waals surface area (Å²) in [6.45, 7) is 3.54. The van der Waals surface area contributed by atoms with Crippen molar-refractivity contribution in [1.29, 1.82) is 0 Å². The van der Waals surface area contributed by atoms with E-state index >= 15 is 0 Å². The molecule has 1 unspecified atom stereocenters. The zero-order valence-corrected chi connectivity index (χ0v) is 15.6. The van der Waals surface area contributed by atoms with E-state index in [9.17, 15) is 4.79 Å². The van der Waals surface area contributed by atoms with Gasteiger partial charge in [-0.25, -0.2) is 0 Å². The van der Waals surface area contributed by atoms with Crippen LogP contribution in [-0.2, 0) is 6.42 Å². The van der Waals surface area contributed by atoms with Gasteiger partial charge in [-0.3, -0.25) is 4.79 Å². The third kappa shape index (κ3) is 3.39. The Morgan fingerprint density at radius 2 is 2.32 bits per heavy atom. The molecule has 5 nitrogen and oxygen atoms in total. The summed E-state index contributed by atoms with van der Waals surface area (Å²) in [7, 11) is 0. The van der Waals surface area contributed by atoms with E-state index in [2.05, 4.69) is 17.1 Å². The molecule has 0 aromatic carbocycles. The molecule has 1 saturated heterocycles. The first-order valence-electron chi connectivity index (χ1n) is 8.47. The number of hydrogen-bond donors (Lipinski definition) is 0. The van der Waals surface area contributed by atoms with Gasteiger partial charge in [0.15, 0.2) is 0 Å². The van der Waals surface area contributed by atoms with Crippen LogP contribution in [0.25, 0.3) is 11.5 Å². The summed E-state index contributed by atoms with van der Waals surface area (Å²) in [4.78, 5) is 15.9. The zero-order chi connectivity index (χ0) is 17.2. The molecule has 1 fully saturated rings. The summed E-state index contributed by atoms with van der Waals surface area (Å²) in [6.07, 6.45) is 2.89. The highest BCUT2D eigenvalue weighted by atomic mass is 32.1.